The van der Waals surface area contributed by atoms with Crippen LogP contribution in [0, 0.1) is 27.8 Å². The minimum atomic E-state index is -0.858. The van der Waals surface area contributed by atoms with Crippen LogP contribution in [0.1, 0.15) is 27.9 Å². The van der Waals surface area contributed by atoms with Crippen LogP contribution in [0.3, 0.4) is 0 Å². The Hall–Kier alpha value is -3.38. The van der Waals surface area contributed by atoms with Crippen LogP contribution >= 0.6 is 11.8 Å². The lowest BCUT2D eigenvalue weighted by Crippen LogP contribution is -2.42. The predicted molar refractivity (Wildman–Crippen MR) is 112 cm³/mol. The summed E-state index contributed by atoms with van der Waals surface area (Å²) in [6.45, 7) is 0. The van der Waals surface area contributed by atoms with Gasteiger partial charge in [-0.1, -0.05) is 11.8 Å². The Morgan fingerprint density at radius 1 is 1.23 bits per heavy atom. The zero-order valence-electron chi connectivity index (χ0n) is 16.3. The number of rotatable bonds is 7. The molecule has 0 spiro atoms. The molecule has 0 aliphatic rings. The van der Waals surface area contributed by atoms with E-state index in [2.05, 4.69) is 17.2 Å². The van der Waals surface area contributed by atoms with Crippen LogP contribution in [0.2, 0.25) is 0 Å². The summed E-state index contributed by atoms with van der Waals surface area (Å²) in [6, 6.07) is 8.17. The van der Waals surface area contributed by atoms with Crippen LogP contribution in [0.4, 0.5) is 10.1 Å². The van der Waals surface area contributed by atoms with Crippen LogP contribution in [-0.2, 0) is 9.53 Å². The highest BCUT2D eigenvalue weighted by Crippen LogP contribution is 2.18. The Morgan fingerprint density at radius 2 is 1.93 bits per heavy atom. The highest BCUT2D eigenvalue weighted by Gasteiger charge is 2.23. The molecule has 30 heavy (non-hydrogen) atoms. The summed E-state index contributed by atoms with van der Waals surface area (Å²) in [5.41, 5.74) is 0.427. The van der Waals surface area contributed by atoms with Crippen molar-refractivity contribution >= 4 is 29.3 Å². The van der Waals surface area contributed by atoms with Gasteiger partial charge < -0.3 is 10.1 Å². The number of ether oxygens (including phenoxy) is 1. The number of hydrogen-bond donors (Lipinski definition) is 1. The summed E-state index contributed by atoms with van der Waals surface area (Å²) in [6.07, 6.45) is 2.23. The molecule has 1 amide bonds. The maximum absolute atomic E-state index is 13.1. The lowest BCUT2D eigenvalue weighted by atomic mass is 10.0. The Labute approximate surface area is 177 Å². The lowest BCUT2D eigenvalue weighted by molar-refractivity contribution is -0.384. The van der Waals surface area contributed by atoms with Crippen molar-refractivity contribution in [2.45, 2.75) is 12.5 Å². The van der Waals surface area contributed by atoms with Gasteiger partial charge in [-0.15, -0.1) is 0 Å². The molecule has 0 unspecified atom stereocenters. The Balaban J connectivity index is 2.38. The molecule has 2 aromatic rings. The minimum Gasteiger partial charge on any atom is -0.467 e. The van der Waals surface area contributed by atoms with Gasteiger partial charge >= 0.3 is 5.97 Å². The van der Waals surface area contributed by atoms with E-state index in [-0.39, 0.29) is 16.8 Å². The fourth-order valence-corrected chi connectivity index (χ4v) is 2.95. The number of non-ortho nitro benzene ring substituents is 1. The summed E-state index contributed by atoms with van der Waals surface area (Å²) in [5, 5.41) is 13.7. The first kappa shape index (κ1) is 22.9. The number of nitrogens with zero attached hydrogens (tertiary/aromatic N) is 1. The molecule has 0 saturated heterocycles. The molecule has 9 heteroatoms. The van der Waals surface area contributed by atoms with Crippen molar-refractivity contribution in [3.8, 4) is 11.8 Å². The van der Waals surface area contributed by atoms with Gasteiger partial charge in [-0.05, 0) is 48.8 Å². The number of hydrogen-bond acceptors (Lipinski definition) is 6. The van der Waals surface area contributed by atoms with Crippen molar-refractivity contribution in [2.24, 2.45) is 0 Å². The second-order valence-corrected chi connectivity index (χ2v) is 7.06. The molecule has 0 saturated carbocycles. The quantitative estimate of drug-likeness (QED) is 0.314. The first-order valence-electron chi connectivity index (χ1n) is 8.79. The third-order valence-electron chi connectivity index (χ3n) is 4.05. The van der Waals surface area contributed by atoms with E-state index in [9.17, 15) is 24.1 Å². The van der Waals surface area contributed by atoms with Gasteiger partial charge in [-0.2, -0.15) is 11.8 Å². The van der Waals surface area contributed by atoms with Crippen molar-refractivity contribution in [2.75, 3.05) is 19.1 Å². The summed E-state index contributed by atoms with van der Waals surface area (Å²) < 4.78 is 17.8. The number of carbonyl (C=O) groups is 2. The smallest absolute Gasteiger partial charge is 0.328 e. The Kier molecular flexibility index (Phi) is 8.38. The van der Waals surface area contributed by atoms with Crippen molar-refractivity contribution in [3.63, 3.8) is 0 Å². The Bertz CT molecular complexity index is 999. The summed E-state index contributed by atoms with van der Waals surface area (Å²) in [4.78, 5) is 35.3. The molecule has 0 fully saturated rings. The first-order valence-corrected chi connectivity index (χ1v) is 10.2. The SMILES string of the molecule is COC(=O)[C@H](CCSC)NC(=O)c1ccc([N+](=O)[O-])cc1C#Cc1ccc(F)cc1. The number of benzene rings is 2. The van der Waals surface area contributed by atoms with E-state index in [1.165, 1.54) is 61.3 Å². The van der Waals surface area contributed by atoms with Crippen LogP contribution in [0.15, 0.2) is 42.5 Å². The zero-order chi connectivity index (χ0) is 22.1. The lowest BCUT2D eigenvalue weighted by Gasteiger charge is -2.16. The van der Waals surface area contributed by atoms with Gasteiger partial charge in [0.1, 0.15) is 11.9 Å². The van der Waals surface area contributed by atoms with E-state index in [0.29, 0.717) is 17.7 Å². The van der Waals surface area contributed by atoms with Gasteiger partial charge in [0.25, 0.3) is 11.6 Å². The van der Waals surface area contributed by atoms with Crippen molar-refractivity contribution in [3.05, 3.63) is 75.1 Å². The number of nitro benzene ring substituents is 1. The fourth-order valence-electron chi connectivity index (χ4n) is 2.48. The molecular formula is C21H19FN2O5S. The highest BCUT2D eigenvalue weighted by atomic mass is 32.2. The van der Waals surface area contributed by atoms with E-state index in [1.807, 2.05) is 6.26 Å². The molecular weight excluding hydrogens is 411 g/mol. The number of nitro groups is 1. The molecule has 156 valence electrons. The number of esters is 1. The van der Waals surface area contributed by atoms with Crippen LogP contribution < -0.4 is 5.32 Å². The van der Waals surface area contributed by atoms with E-state index in [0.717, 1.165) is 0 Å². The molecule has 0 heterocycles. The molecule has 2 rings (SSSR count). The monoisotopic (exact) mass is 430 g/mol. The molecule has 7 nitrogen and oxygen atoms in total. The number of thioether (sulfide) groups is 1. The van der Waals surface area contributed by atoms with E-state index >= 15 is 0 Å². The third-order valence-corrected chi connectivity index (χ3v) is 4.69. The highest BCUT2D eigenvalue weighted by molar-refractivity contribution is 7.98. The maximum atomic E-state index is 13.1. The normalized spacial score (nSPS) is 11.0. The molecule has 0 aromatic heterocycles. The number of carbonyl (C=O) groups excluding carboxylic acids is 2. The van der Waals surface area contributed by atoms with Crippen LogP contribution in [-0.4, -0.2) is 42.0 Å². The number of halogens is 1. The van der Waals surface area contributed by atoms with Gasteiger partial charge in [0.05, 0.1) is 17.6 Å². The molecule has 0 radical (unpaired) electrons. The fraction of sp³-hybridized carbons (Fsp3) is 0.238. The number of nitrogens with one attached hydrogen (secondary N) is 1. The van der Waals surface area contributed by atoms with Gasteiger partial charge in [-0.3, -0.25) is 14.9 Å². The van der Waals surface area contributed by atoms with Crippen molar-refractivity contribution < 1.29 is 23.6 Å². The molecule has 2 aromatic carbocycles. The second kappa shape index (κ2) is 11.0. The van der Waals surface area contributed by atoms with Gasteiger partial charge in [0.2, 0.25) is 0 Å². The van der Waals surface area contributed by atoms with Gasteiger partial charge in [0.15, 0.2) is 0 Å². The minimum absolute atomic E-state index is 0.0771. The topological polar surface area (TPSA) is 98.5 Å². The molecule has 0 aliphatic carbocycles. The first-order chi connectivity index (χ1) is 14.3. The van der Waals surface area contributed by atoms with Gasteiger partial charge in [0, 0.05) is 23.3 Å². The van der Waals surface area contributed by atoms with E-state index < -0.39 is 28.7 Å². The number of methoxy groups -OCH3 is 1. The van der Waals surface area contributed by atoms with E-state index in [1.54, 1.807) is 0 Å². The largest absolute Gasteiger partial charge is 0.467 e. The average Bonchev–Trinajstić information content (AvgIpc) is 2.75. The van der Waals surface area contributed by atoms with Crippen LogP contribution in [0.5, 0.6) is 0 Å². The standard InChI is InChI=1S/C21H19FN2O5S/c1-29-21(26)19(11-12-30-2)23-20(25)18-10-9-17(24(27)28)13-15(18)6-3-14-4-7-16(22)8-5-14/h4-5,7-10,13,19H,11-12H2,1-2H3,(H,23,25)/t19-/m0/s1. The summed E-state index contributed by atoms with van der Waals surface area (Å²) in [5.74, 6) is 4.49. The van der Waals surface area contributed by atoms with Crippen LogP contribution in [0.25, 0.3) is 0 Å². The zero-order valence-corrected chi connectivity index (χ0v) is 17.1. The molecule has 1 atom stereocenters. The van der Waals surface area contributed by atoms with Gasteiger partial charge in [-0.25, -0.2) is 9.18 Å². The third kappa shape index (κ3) is 6.32. The molecule has 0 bridgehead atoms. The number of amides is 1. The summed E-state index contributed by atoms with van der Waals surface area (Å²) >= 11 is 1.51. The molecule has 1 N–H and O–H groups in total. The second-order valence-electron chi connectivity index (χ2n) is 6.07. The Morgan fingerprint density at radius 3 is 2.53 bits per heavy atom. The maximum Gasteiger partial charge on any atom is 0.328 e. The summed E-state index contributed by atoms with van der Waals surface area (Å²) in [7, 11) is 1.23. The predicted octanol–water partition coefficient (Wildman–Crippen LogP) is 3.16. The average molecular weight is 430 g/mol. The van der Waals surface area contributed by atoms with Crippen molar-refractivity contribution in [1.82, 2.24) is 5.32 Å². The van der Waals surface area contributed by atoms with Crippen molar-refractivity contribution in [1.29, 1.82) is 0 Å². The van der Waals surface area contributed by atoms with E-state index in [4.69, 9.17) is 4.74 Å². The molecule has 0 aliphatic heterocycles.